The average molecular weight is 743 g/mol. The molecule has 1 atom stereocenters. The van der Waals surface area contributed by atoms with E-state index in [0.717, 1.165) is 52.7 Å². The molecule has 2 aromatic heterocycles. The van der Waals surface area contributed by atoms with Gasteiger partial charge in [0.1, 0.15) is 11.5 Å². The summed E-state index contributed by atoms with van der Waals surface area (Å²) in [5.41, 5.74) is 7.26. The molecule has 12 nitrogen and oxygen atoms in total. The summed E-state index contributed by atoms with van der Waals surface area (Å²) in [6.07, 6.45) is 13.0. The molecule has 0 spiro atoms. The van der Waals surface area contributed by atoms with Crippen LogP contribution in [-0.2, 0) is 20.7 Å². The zero-order chi connectivity index (χ0) is 38.4. The number of alkyl halides is 1. The van der Waals surface area contributed by atoms with Gasteiger partial charge in [0.25, 0.3) is 5.91 Å². The lowest BCUT2D eigenvalue weighted by atomic mass is 9.93. The maximum atomic E-state index is 13.1. The Morgan fingerprint density at radius 3 is 2.00 bits per heavy atom. The zero-order valence-electron chi connectivity index (χ0n) is 30.2. The van der Waals surface area contributed by atoms with Crippen LogP contribution in [0, 0.1) is 0 Å². The predicted molar refractivity (Wildman–Crippen MR) is 208 cm³/mol. The van der Waals surface area contributed by atoms with E-state index >= 15 is 0 Å². The molecule has 3 aromatic carbocycles. The Kier molecular flexibility index (Phi) is 12.2. The molecule has 7 rings (SSSR count). The number of halogens is 1. The number of benzene rings is 3. The van der Waals surface area contributed by atoms with E-state index in [1.165, 1.54) is 32.9 Å². The number of aliphatic hydroxyl groups is 1. The normalized spacial score (nSPS) is 14.6. The highest BCUT2D eigenvalue weighted by Crippen LogP contribution is 2.47. The number of likely N-dealkylation sites (N-methyl/N-ethyl adjacent to an activating group) is 1. The molecule has 1 amide bonds. The fraction of sp³-hybridized carbons (Fsp3) is 0.275. The van der Waals surface area contributed by atoms with Crippen molar-refractivity contribution in [2.45, 2.75) is 25.7 Å². The number of esters is 2. The monoisotopic (exact) mass is 742 g/mol. The number of anilines is 2. The van der Waals surface area contributed by atoms with Crippen molar-refractivity contribution in [3.63, 3.8) is 0 Å². The third kappa shape index (κ3) is 7.46. The summed E-state index contributed by atoms with van der Waals surface area (Å²) in [5.74, 6) is -0.923. The molecule has 0 fully saturated rings. The van der Waals surface area contributed by atoms with Crippen LogP contribution in [0.5, 0.6) is 11.5 Å². The summed E-state index contributed by atoms with van der Waals surface area (Å²) in [6, 6.07) is 10.9. The number of hydrogen-bond acceptors (Lipinski definition) is 9. The maximum Gasteiger partial charge on any atom is 0.340 e. The molecule has 2 aliphatic heterocycles. The molecule has 0 aliphatic carbocycles. The Balaban J connectivity index is 0.000000227. The van der Waals surface area contributed by atoms with Crippen LogP contribution >= 0.6 is 11.6 Å². The number of H-pyrrole nitrogens is 2. The molecule has 13 heteroatoms. The van der Waals surface area contributed by atoms with Gasteiger partial charge in [0, 0.05) is 79.5 Å². The summed E-state index contributed by atoms with van der Waals surface area (Å²) in [6.45, 7) is 3.37. The predicted octanol–water partition coefficient (Wildman–Crippen LogP) is 6.73. The minimum absolute atomic E-state index is 0.0159. The van der Waals surface area contributed by atoms with E-state index in [0.29, 0.717) is 39.8 Å². The van der Waals surface area contributed by atoms with Gasteiger partial charge in [0.05, 0.1) is 48.7 Å². The molecule has 2 aliphatic rings. The Morgan fingerprint density at radius 2 is 1.43 bits per heavy atom. The first-order valence-corrected chi connectivity index (χ1v) is 17.7. The van der Waals surface area contributed by atoms with Crippen molar-refractivity contribution in [1.82, 2.24) is 9.97 Å². The summed E-state index contributed by atoms with van der Waals surface area (Å²) in [4.78, 5) is 46.8. The standard InChI is InChI=1S/C26H26N2O5.C13H14N2O3.CH3Cl/c1-3-18-15-28(22(31)11-10-17-8-6-16(7-9-17)5-4-12-29)20-13-21(30)25-24(23(18)20)19(14-27-25)26(32)33-2;1-15-4-3-7-9(15)5-10(16)12-11(7)8(6-14-12)13(17)18-2;1-2/h4-11,13-14,18,27,29-30H,3,12,15H2,1-2H3;5-6,14,16H,3-4H2,1-2H3;1H3/b5-4+,11-10+;;. The number of amides is 1. The molecule has 0 saturated carbocycles. The van der Waals surface area contributed by atoms with Crippen LogP contribution in [0.2, 0.25) is 0 Å². The highest BCUT2D eigenvalue weighted by Gasteiger charge is 2.35. The number of aromatic amines is 2. The van der Waals surface area contributed by atoms with Gasteiger partial charge in [-0.2, -0.15) is 0 Å². The number of aromatic nitrogens is 2. The van der Waals surface area contributed by atoms with E-state index in [4.69, 9.17) is 14.6 Å². The average Bonchev–Trinajstić information content (AvgIpc) is 3.98. The number of fused-ring (bicyclic) bond motifs is 6. The van der Waals surface area contributed by atoms with Crippen molar-refractivity contribution in [3.05, 3.63) is 94.3 Å². The van der Waals surface area contributed by atoms with Crippen molar-refractivity contribution in [2.75, 3.05) is 57.1 Å². The fourth-order valence-corrected chi connectivity index (χ4v) is 6.96. The third-order valence-electron chi connectivity index (χ3n) is 9.53. The number of carbonyl (C=O) groups is 3. The zero-order valence-corrected chi connectivity index (χ0v) is 31.0. The largest absolute Gasteiger partial charge is 0.506 e. The fourth-order valence-electron chi connectivity index (χ4n) is 6.96. The Labute approximate surface area is 311 Å². The number of phenols is 2. The van der Waals surface area contributed by atoms with Gasteiger partial charge >= 0.3 is 11.9 Å². The van der Waals surface area contributed by atoms with Crippen LogP contribution in [-0.4, -0.2) is 90.5 Å². The quantitative estimate of drug-likeness (QED) is 0.0690. The van der Waals surface area contributed by atoms with Crippen LogP contribution in [0.1, 0.15) is 62.2 Å². The second-order valence-electron chi connectivity index (χ2n) is 12.4. The number of aliphatic hydroxyl groups excluding tert-OH is 1. The second-order valence-corrected chi connectivity index (χ2v) is 12.4. The van der Waals surface area contributed by atoms with Gasteiger partial charge in [-0.15, -0.1) is 11.6 Å². The molecule has 5 N–H and O–H groups in total. The van der Waals surface area contributed by atoms with Crippen LogP contribution in [0.25, 0.3) is 34.0 Å². The summed E-state index contributed by atoms with van der Waals surface area (Å²) < 4.78 is 9.69. The first-order chi connectivity index (χ1) is 25.6. The van der Waals surface area contributed by atoms with Gasteiger partial charge < -0.3 is 44.6 Å². The SMILES string of the molecule is CCC1CN(C(=O)/C=C/c2ccc(/C=C/CO)cc2)c2cc(O)c3[nH]cc(C(=O)OC)c3c21.CCl.COC(=O)c1c[nH]c2c(O)cc3c(c12)CCN3C. The Bertz CT molecular complexity index is 2200. The van der Waals surface area contributed by atoms with Gasteiger partial charge in [-0.1, -0.05) is 43.3 Å². The van der Waals surface area contributed by atoms with Gasteiger partial charge in [0.15, 0.2) is 0 Å². The van der Waals surface area contributed by atoms with Crippen molar-refractivity contribution in [2.24, 2.45) is 0 Å². The second kappa shape index (κ2) is 16.7. The lowest BCUT2D eigenvalue weighted by Crippen LogP contribution is -2.27. The number of methoxy groups -OCH3 is 2. The van der Waals surface area contributed by atoms with Gasteiger partial charge in [-0.25, -0.2) is 9.59 Å². The highest BCUT2D eigenvalue weighted by atomic mass is 35.5. The number of nitrogens with one attached hydrogen (secondary N) is 2. The van der Waals surface area contributed by atoms with E-state index in [1.807, 2.05) is 44.3 Å². The number of hydrogen-bond donors (Lipinski definition) is 5. The molecule has 0 radical (unpaired) electrons. The molecule has 53 heavy (non-hydrogen) atoms. The number of nitrogens with zero attached hydrogens (tertiary/aromatic N) is 2. The molecule has 1 unspecified atom stereocenters. The number of rotatable bonds is 7. The topological polar surface area (TPSA) is 168 Å². The molecular formula is C40H43ClN4O8. The van der Waals surface area contributed by atoms with E-state index in [2.05, 4.69) is 26.5 Å². The van der Waals surface area contributed by atoms with E-state index in [1.54, 1.807) is 35.4 Å². The van der Waals surface area contributed by atoms with Crippen LogP contribution < -0.4 is 9.80 Å². The van der Waals surface area contributed by atoms with Gasteiger partial charge in [-0.3, -0.25) is 4.79 Å². The highest BCUT2D eigenvalue weighted by molar-refractivity contribution is 6.15. The first-order valence-electron chi connectivity index (χ1n) is 17.0. The molecular weight excluding hydrogens is 700 g/mol. The van der Waals surface area contributed by atoms with E-state index in [-0.39, 0.29) is 35.9 Å². The van der Waals surface area contributed by atoms with Crippen molar-refractivity contribution in [3.8, 4) is 11.5 Å². The van der Waals surface area contributed by atoms with Gasteiger partial charge in [0.2, 0.25) is 0 Å². The molecule has 0 saturated heterocycles. The van der Waals surface area contributed by atoms with Crippen LogP contribution in [0.4, 0.5) is 11.4 Å². The lowest BCUT2D eigenvalue weighted by molar-refractivity contribution is -0.114. The summed E-state index contributed by atoms with van der Waals surface area (Å²) in [7, 11) is 4.65. The van der Waals surface area contributed by atoms with E-state index in [9.17, 15) is 24.6 Å². The summed E-state index contributed by atoms with van der Waals surface area (Å²) >= 11 is 4.64. The van der Waals surface area contributed by atoms with Gasteiger partial charge in [-0.05, 0) is 41.2 Å². The van der Waals surface area contributed by atoms with Crippen LogP contribution in [0.3, 0.4) is 0 Å². The lowest BCUT2D eigenvalue weighted by Gasteiger charge is -2.16. The molecule has 0 bridgehead atoms. The molecule has 5 aromatic rings. The molecule has 278 valence electrons. The molecule has 4 heterocycles. The van der Waals surface area contributed by atoms with Crippen molar-refractivity contribution in [1.29, 1.82) is 0 Å². The Morgan fingerprint density at radius 1 is 0.887 bits per heavy atom. The minimum Gasteiger partial charge on any atom is -0.506 e. The number of phenolic OH excluding ortho intramolecular Hbond substituents is 2. The smallest absolute Gasteiger partial charge is 0.340 e. The number of aromatic hydroxyl groups is 2. The summed E-state index contributed by atoms with van der Waals surface area (Å²) in [5, 5.41) is 30.9. The van der Waals surface area contributed by atoms with Crippen molar-refractivity contribution >= 4 is 74.8 Å². The van der Waals surface area contributed by atoms with Crippen LogP contribution in [0.15, 0.2) is 60.9 Å². The minimum atomic E-state index is -0.495. The van der Waals surface area contributed by atoms with Crippen molar-refractivity contribution < 1.29 is 39.2 Å². The van der Waals surface area contributed by atoms with E-state index < -0.39 is 5.97 Å². The third-order valence-corrected chi connectivity index (χ3v) is 9.53. The first kappa shape index (κ1) is 38.5. The number of carbonyl (C=O) groups excluding carboxylic acids is 3. The Hall–Kier alpha value is -5.72. The maximum absolute atomic E-state index is 13.1. The number of ether oxygens (including phenoxy) is 2.